The van der Waals surface area contributed by atoms with Gasteiger partial charge in [-0.25, -0.2) is 0 Å². The lowest BCUT2D eigenvalue weighted by molar-refractivity contribution is -0.108. The van der Waals surface area contributed by atoms with Gasteiger partial charge >= 0.3 is 0 Å². The predicted octanol–water partition coefficient (Wildman–Crippen LogP) is 16.6. The molecule has 0 aromatic heterocycles. The van der Waals surface area contributed by atoms with Crippen molar-refractivity contribution in [2.75, 3.05) is 0 Å². The Morgan fingerprint density at radius 2 is 0.279 bits per heavy atom. The Kier molecular flexibility index (Phi) is 8.93. The van der Waals surface area contributed by atoms with E-state index < -0.39 is 44.8 Å². The van der Waals surface area contributed by atoms with E-state index in [1.54, 1.807) is 0 Å². The highest BCUT2D eigenvalue weighted by atomic mass is 16.6. The van der Waals surface area contributed by atoms with Crippen molar-refractivity contribution in [2.24, 2.45) is 0 Å². The third-order valence-electron chi connectivity index (χ3n) is 21.0. The quantitative estimate of drug-likeness (QED) is 0.142. The summed E-state index contributed by atoms with van der Waals surface area (Å²) in [6, 6.07) is 116. The van der Waals surface area contributed by atoms with Crippen molar-refractivity contribution >= 4 is 0 Å². The van der Waals surface area contributed by atoms with Crippen LogP contribution in [0.2, 0.25) is 0 Å². The molecule has 0 saturated heterocycles. The molecule has 0 saturated carbocycles. The minimum atomic E-state index is -1.25. The first kappa shape index (κ1) is 47.6. The Hall–Kier alpha value is -9.78. The molecule has 4 nitrogen and oxygen atoms in total. The summed E-state index contributed by atoms with van der Waals surface area (Å²) in [6.07, 6.45) is 0. The second-order valence-corrected chi connectivity index (χ2v) is 24.5. The van der Waals surface area contributed by atoms with Crippen LogP contribution in [0.5, 0.6) is 0 Å². The number of benzene rings is 12. The van der Waals surface area contributed by atoms with Crippen LogP contribution in [-0.2, 0) is 63.8 Å². The highest BCUT2D eigenvalue weighted by Gasteiger charge is 2.82. The van der Waals surface area contributed by atoms with E-state index in [0.29, 0.717) is 0 Å². The first-order valence-electron chi connectivity index (χ1n) is 30.1. The Morgan fingerprint density at radius 3 is 0.465 bits per heavy atom. The van der Waals surface area contributed by atoms with E-state index in [1.807, 2.05) is 0 Å². The van der Waals surface area contributed by atoms with E-state index in [0.717, 1.165) is 122 Å². The zero-order valence-electron chi connectivity index (χ0n) is 46.7. The molecule has 8 bridgehead atoms. The van der Waals surface area contributed by atoms with Gasteiger partial charge in [0.15, 0.2) is 0 Å². The molecule has 8 aliphatic rings. The van der Waals surface area contributed by atoms with Gasteiger partial charge in [-0.05, 0) is 113 Å². The van der Waals surface area contributed by atoms with E-state index in [2.05, 4.69) is 315 Å². The van der Waals surface area contributed by atoms with Gasteiger partial charge in [-0.3, -0.25) is 0 Å². The molecule has 12 aromatic rings. The molecule has 8 aliphatic heterocycles. The standard InChI is InChI=1S/C82H52O4/c1-9-29-53(30-10-1)75-61-45-25-26-46-62(61)76(83-75,54-31-11-2-12-32-54)66-50-70-69(49-65(66)75)79(57-37-17-5-18-38-57)73-74(80(70,85-79)58-39-19-6-20-40-58)82(60-43-23-8-24-44-60)72-52-68-67(51-71(72)81(73,86-82)59-41-21-7-22-42-59)77(55-33-13-3-14-34-55)63-47-27-28-48-64(63)78(68,84-77)56-35-15-4-16-36-56/h1-52H. The highest BCUT2D eigenvalue weighted by molar-refractivity contribution is 5.85. The molecule has 0 spiro atoms. The molecule has 4 heteroatoms. The highest BCUT2D eigenvalue weighted by Crippen LogP contribution is 2.83. The Morgan fingerprint density at radius 1 is 0.140 bits per heavy atom. The van der Waals surface area contributed by atoms with Gasteiger partial charge < -0.3 is 18.9 Å². The second-order valence-electron chi connectivity index (χ2n) is 24.5. The van der Waals surface area contributed by atoms with Crippen molar-refractivity contribution in [1.29, 1.82) is 0 Å². The average Bonchev–Trinajstić information content (AvgIpc) is 1.43. The number of hydrogen-bond donors (Lipinski definition) is 0. The van der Waals surface area contributed by atoms with E-state index in [9.17, 15) is 0 Å². The SMILES string of the molecule is c1ccc(C23OC(c4ccccc4)(C4=C2C2(c5ccccc5)OC4(c4ccccc4)c4cc5c(cc42)C2(c4ccccc4)OC5(c4ccccc4)c4ccccc42)c2cc4c(cc23)C2(c3ccccc3)OC4(c3ccccc3)c3ccccc32)cc1. The maximum atomic E-state index is 8.85. The van der Waals surface area contributed by atoms with Crippen LogP contribution in [0.4, 0.5) is 0 Å². The van der Waals surface area contributed by atoms with Crippen LogP contribution in [0.15, 0.2) is 327 Å². The van der Waals surface area contributed by atoms with Crippen molar-refractivity contribution in [3.8, 4) is 0 Å². The number of fused-ring (bicyclic) bond motifs is 30. The lowest BCUT2D eigenvalue weighted by Crippen LogP contribution is -2.41. The van der Waals surface area contributed by atoms with E-state index in [-0.39, 0.29) is 0 Å². The number of rotatable bonds is 8. The summed E-state index contributed by atoms with van der Waals surface area (Å²) in [4.78, 5) is 0. The zero-order valence-corrected chi connectivity index (χ0v) is 46.7. The second kappa shape index (κ2) is 16.1. The lowest BCUT2D eigenvalue weighted by Gasteiger charge is -2.43. The minimum absolute atomic E-state index is 0.980. The molecule has 0 fully saturated rings. The first-order chi connectivity index (χ1) is 42.5. The molecule has 404 valence electrons. The van der Waals surface area contributed by atoms with Gasteiger partial charge in [0.05, 0.1) is 0 Å². The molecule has 8 atom stereocenters. The Bertz CT molecular complexity index is 4270. The van der Waals surface area contributed by atoms with Crippen LogP contribution < -0.4 is 0 Å². The fourth-order valence-electron chi connectivity index (χ4n) is 18.1. The molecule has 20 rings (SSSR count). The summed E-state index contributed by atoms with van der Waals surface area (Å²) in [7, 11) is 0. The van der Waals surface area contributed by atoms with Crippen LogP contribution in [-0.4, -0.2) is 0 Å². The summed E-state index contributed by atoms with van der Waals surface area (Å²) in [6.45, 7) is 0. The summed E-state index contributed by atoms with van der Waals surface area (Å²) in [5.41, 5.74) is 15.0. The third kappa shape index (κ3) is 5.07. The topological polar surface area (TPSA) is 36.9 Å². The average molecular weight is 1100 g/mol. The van der Waals surface area contributed by atoms with Crippen molar-refractivity contribution < 1.29 is 18.9 Å². The fraction of sp³-hybridized carbons (Fsp3) is 0.0976. The zero-order chi connectivity index (χ0) is 56.3. The summed E-state index contributed by atoms with van der Waals surface area (Å²) < 4.78 is 34.1. The molecular weight excluding hydrogens is 1050 g/mol. The molecule has 8 heterocycles. The fourth-order valence-corrected chi connectivity index (χ4v) is 18.1. The molecule has 0 N–H and O–H groups in total. The largest absolute Gasteiger partial charge is 0.341 e. The van der Waals surface area contributed by atoms with Crippen molar-refractivity contribution in [3.63, 3.8) is 0 Å². The normalized spacial score (nSPS) is 28.8. The van der Waals surface area contributed by atoms with Crippen LogP contribution >= 0.6 is 0 Å². The van der Waals surface area contributed by atoms with Gasteiger partial charge in [0.1, 0.15) is 44.8 Å². The van der Waals surface area contributed by atoms with E-state index in [4.69, 9.17) is 18.9 Å². The third-order valence-corrected chi connectivity index (χ3v) is 21.0. The first-order valence-corrected chi connectivity index (χ1v) is 30.1. The minimum Gasteiger partial charge on any atom is -0.341 e. The maximum absolute atomic E-state index is 8.85. The van der Waals surface area contributed by atoms with E-state index >= 15 is 0 Å². The van der Waals surface area contributed by atoms with Gasteiger partial charge in [-0.1, -0.05) is 291 Å². The maximum Gasteiger partial charge on any atom is 0.146 e. The summed E-state index contributed by atoms with van der Waals surface area (Å²) >= 11 is 0. The summed E-state index contributed by atoms with van der Waals surface area (Å²) in [5, 5.41) is 0. The van der Waals surface area contributed by atoms with E-state index in [1.165, 1.54) is 0 Å². The van der Waals surface area contributed by atoms with Gasteiger partial charge in [0, 0.05) is 33.4 Å². The number of hydrogen-bond acceptors (Lipinski definition) is 4. The number of ether oxygens (including phenoxy) is 4. The lowest BCUT2D eigenvalue weighted by atomic mass is 9.54. The Labute approximate surface area is 498 Å². The smallest absolute Gasteiger partial charge is 0.146 e. The van der Waals surface area contributed by atoms with Crippen LogP contribution in [0.25, 0.3) is 0 Å². The van der Waals surface area contributed by atoms with Crippen LogP contribution in [0.1, 0.15) is 111 Å². The Balaban J connectivity index is 0.978. The molecule has 0 radical (unpaired) electrons. The molecular formula is C82H52O4. The van der Waals surface area contributed by atoms with Crippen LogP contribution in [0.3, 0.4) is 0 Å². The van der Waals surface area contributed by atoms with Crippen molar-refractivity contribution in [2.45, 2.75) is 44.8 Å². The molecule has 86 heavy (non-hydrogen) atoms. The van der Waals surface area contributed by atoms with Crippen LogP contribution in [0, 0.1) is 0 Å². The van der Waals surface area contributed by atoms with Gasteiger partial charge in [-0.15, -0.1) is 0 Å². The summed E-state index contributed by atoms with van der Waals surface area (Å²) in [5.74, 6) is 0. The van der Waals surface area contributed by atoms with Crippen molar-refractivity contribution in [1.82, 2.24) is 0 Å². The van der Waals surface area contributed by atoms with Gasteiger partial charge in [0.25, 0.3) is 0 Å². The van der Waals surface area contributed by atoms with Gasteiger partial charge in [-0.2, -0.15) is 0 Å². The molecule has 0 amide bonds. The predicted molar refractivity (Wildman–Crippen MR) is 331 cm³/mol. The molecule has 8 unspecified atom stereocenters. The monoisotopic (exact) mass is 1100 g/mol. The molecule has 12 aromatic carbocycles. The molecule has 0 aliphatic carbocycles. The van der Waals surface area contributed by atoms with Crippen molar-refractivity contribution in [3.05, 3.63) is 438 Å². The van der Waals surface area contributed by atoms with Gasteiger partial charge in [0.2, 0.25) is 0 Å².